The van der Waals surface area contributed by atoms with Crippen LogP contribution < -0.4 is 11.1 Å². The van der Waals surface area contributed by atoms with Crippen LogP contribution in [0.1, 0.15) is 25.1 Å². The predicted molar refractivity (Wildman–Crippen MR) is 102 cm³/mol. The lowest BCUT2D eigenvalue weighted by Crippen LogP contribution is -2.36. The number of nitrogens with one attached hydrogen (secondary N) is 1. The molecule has 134 valence electrons. The fourth-order valence-electron chi connectivity index (χ4n) is 3.56. The highest BCUT2D eigenvalue weighted by Gasteiger charge is 2.31. The first kappa shape index (κ1) is 20.7. The summed E-state index contributed by atoms with van der Waals surface area (Å²) in [6, 6.07) is 8.09. The van der Waals surface area contributed by atoms with Crippen molar-refractivity contribution in [3.63, 3.8) is 0 Å². The molecule has 7 heteroatoms. The van der Waals surface area contributed by atoms with Crippen LogP contribution in [0.25, 0.3) is 11.0 Å². The number of halogens is 2. The van der Waals surface area contributed by atoms with E-state index in [0.29, 0.717) is 19.0 Å². The number of fused-ring (bicyclic) bond motifs is 1. The molecule has 2 atom stereocenters. The Labute approximate surface area is 155 Å². The number of aromatic nitrogens is 2. The second kappa shape index (κ2) is 9.25. The van der Waals surface area contributed by atoms with Crippen LogP contribution in [0.15, 0.2) is 24.3 Å². The number of carbonyl (C=O) groups excluding carboxylic acids is 1. The van der Waals surface area contributed by atoms with Crippen molar-refractivity contribution in [1.82, 2.24) is 14.9 Å². The van der Waals surface area contributed by atoms with Crippen LogP contribution >= 0.6 is 24.8 Å². The summed E-state index contributed by atoms with van der Waals surface area (Å²) in [5.41, 5.74) is 7.88. The van der Waals surface area contributed by atoms with E-state index in [0.717, 1.165) is 42.7 Å². The second-order valence-corrected chi connectivity index (χ2v) is 6.12. The Morgan fingerprint density at radius 3 is 2.83 bits per heavy atom. The van der Waals surface area contributed by atoms with Crippen LogP contribution in [0.3, 0.4) is 0 Å². The molecule has 3 rings (SSSR count). The largest absolute Gasteiger partial charge is 0.354 e. The standard InChI is InChI=1S/C17H24N4O.2ClH/c1-12-20-15-7-2-3-8-16(15)21(12)10-9-19-17(22)14-6-4-5-13(14)11-18;;/h2-3,7-8,13-14H,4-6,9-11,18H2,1H3,(H,19,22);2*1H/t13-,14-;;/m1../s1. The highest BCUT2D eigenvalue weighted by molar-refractivity contribution is 5.85. The van der Waals surface area contributed by atoms with Crippen molar-refractivity contribution >= 4 is 41.8 Å². The molecule has 24 heavy (non-hydrogen) atoms. The van der Waals surface area contributed by atoms with Gasteiger partial charge in [-0.3, -0.25) is 4.79 Å². The average Bonchev–Trinajstić information content (AvgIpc) is 3.11. The number of imidazole rings is 1. The Balaban J connectivity index is 0.00000144. The summed E-state index contributed by atoms with van der Waals surface area (Å²) in [6.45, 7) is 4.00. The molecule has 1 aromatic carbocycles. The molecule has 0 bridgehead atoms. The second-order valence-electron chi connectivity index (χ2n) is 6.12. The van der Waals surface area contributed by atoms with Crippen LogP contribution in [0.5, 0.6) is 0 Å². The summed E-state index contributed by atoms with van der Waals surface area (Å²) >= 11 is 0. The summed E-state index contributed by atoms with van der Waals surface area (Å²) < 4.78 is 2.16. The van der Waals surface area contributed by atoms with Gasteiger partial charge in [0, 0.05) is 19.0 Å². The smallest absolute Gasteiger partial charge is 0.223 e. The van der Waals surface area contributed by atoms with Crippen LogP contribution in [0, 0.1) is 18.8 Å². The van der Waals surface area contributed by atoms with E-state index in [2.05, 4.69) is 20.9 Å². The van der Waals surface area contributed by atoms with Gasteiger partial charge in [-0.1, -0.05) is 18.6 Å². The lowest BCUT2D eigenvalue weighted by molar-refractivity contribution is -0.125. The molecule has 0 saturated heterocycles. The van der Waals surface area contributed by atoms with Gasteiger partial charge in [0.05, 0.1) is 11.0 Å². The number of aryl methyl sites for hydroxylation is 1. The molecule has 0 spiro atoms. The Bertz CT molecular complexity index is 674. The van der Waals surface area contributed by atoms with Gasteiger partial charge in [-0.2, -0.15) is 0 Å². The van der Waals surface area contributed by atoms with E-state index >= 15 is 0 Å². The number of benzene rings is 1. The zero-order chi connectivity index (χ0) is 15.5. The molecule has 1 amide bonds. The van der Waals surface area contributed by atoms with Crippen molar-refractivity contribution in [2.75, 3.05) is 13.1 Å². The van der Waals surface area contributed by atoms with Crippen molar-refractivity contribution in [1.29, 1.82) is 0 Å². The molecule has 1 aliphatic rings. The van der Waals surface area contributed by atoms with Crippen LogP contribution in [0.2, 0.25) is 0 Å². The maximum Gasteiger partial charge on any atom is 0.223 e. The summed E-state index contributed by atoms with van der Waals surface area (Å²) in [4.78, 5) is 16.8. The van der Waals surface area contributed by atoms with E-state index in [9.17, 15) is 4.79 Å². The monoisotopic (exact) mass is 372 g/mol. The lowest BCUT2D eigenvalue weighted by Gasteiger charge is -2.17. The third-order valence-electron chi connectivity index (χ3n) is 4.78. The normalized spacial score (nSPS) is 19.6. The van der Waals surface area contributed by atoms with Crippen molar-refractivity contribution in [3.8, 4) is 0 Å². The van der Waals surface area contributed by atoms with Crippen molar-refractivity contribution in [2.45, 2.75) is 32.7 Å². The first-order valence-electron chi connectivity index (χ1n) is 8.10. The number of amides is 1. The molecule has 1 fully saturated rings. The first-order valence-corrected chi connectivity index (χ1v) is 8.10. The topological polar surface area (TPSA) is 72.9 Å². The van der Waals surface area contributed by atoms with Crippen molar-refractivity contribution in [3.05, 3.63) is 30.1 Å². The molecule has 1 aromatic heterocycles. The summed E-state index contributed by atoms with van der Waals surface area (Å²) in [6.07, 6.45) is 3.17. The molecule has 0 unspecified atom stereocenters. The van der Waals surface area contributed by atoms with Gasteiger partial charge in [-0.05, 0) is 44.4 Å². The molecular formula is C17H26Cl2N4O. The van der Waals surface area contributed by atoms with Crippen LogP contribution in [-0.4, -0.2) is 28.5 Å². The van der Waals surface area contributed by atoms with E-state index < -0.39 is 0 Å². The van der Waals surface area contributed by atoms with Gasteiger partial charge in [0.1, 0.15) is 5.82 Å². The van der Waals surface area contributed by atoms with Crippen LogP contribution in [-0.2, 0) is 11.3 Å². The minimum Gasteiger partial charge on any atom is -0.354 e. The van der Waals surface area contributed by atoms with E-state index in [4.69, 9.17) is 5.73 Å². The van der Waals surface area contributed by atoms with Crippen LogP contribution in [0.4, 0.5) is 0 Å². The average molecular weight is 373 g/mol. The molecule has 2 aromatic rings. The van der Waals surface area contributed by atoms with Gasteiger partial charge in [-0.15, -0.1) is 24.8 Å². The Hall–Kier alpha value is -1.30. The molecule has 0 radical (unpaired) electrons. The fourth-order valence-corrected chi connectivity index (χ4v) is 3.56. The fraction of sp³-hybridized carbons (Fsp3) is 0.529. The van der Waals surface area contributed by atoms with Gasteiger partial charge >= 0.3 is 0 Å². The minimum absolute atomic E-state index is 0. The number of nitrogens with zero attached hydrogens (tertiary/aromatic N) is 2. The number of carbonyl (C=O) groups is 1. The third kappa shape index (κ3) is 4.21. The number of rotatable bonds is 5. The number of hydrogen-bond donors (Lipinski definition) is 2. The predicted octanol–water partition coefficient (Wildman–Crippen LogP) is 2.68. The molecule has 5 nitrogen and oxygen atoms in total. The minimum atomic E-state index is 0. The quantitative estimate of drug-likeness (QED) is 0.846. The highest BCUT2D eigenvalue weighted by atomic mass is 35.5. The molecule has 1 aliphatic carbocycles. The maximum absolute atomic E-state index is 12.3. The van der Waals surface area contributed by atoms with Gasteiger partial charge in [0.15, 0.2) is 0 Å². The molecule has 1 saturated carbocycles. The van der Waals surface area contributed by atoms with Gasteiger partial charge < -0.3 is 15.6 Å². The Morgan fingerprint density at radius 1 is 1.33 bits per heavy atom. The van der Waals surface area contributed by atoms with Gasteiger partial charge in [0.2, 0.25) is 5.91 Å². The zero-order valence-corrected chi connectivity index (χ0v) is 15.5. The van der Waals surface area contributed by atoms with Crippen molar-refractivity contribution < 1.29 is 4.79 Å². The molecule has 3 N–H and O–H groups in total. The summed E-state index contributed by atoms with van der Waals surface area (Å²) in [5.74, 6) is 1.60. The van der Waals surface area contributed by atoms with E-state index in [1.54, 1.807) is 0 Å². The molecule has 1 heterocycles. The Kier molecular flexibility index (Phi) is 8.00. The third-order valence-corrected chi connectivity index (χ3v) is 4.78. The van der Waals surface area contributed by atoms with E-state index in [-0.39, 0.29) is 36.6 Å². The number of para-hydroxylation sites is 2. The van der Waals surface area contributed by atoms with E-state index in [1.807, 2.05) is 25.1 Å². The summed E-state index contributed by atoms with van der Waals surface area (Å²) in [7, 11) is 0. The van der Waals surface area contributed by atoms with Gasteiger partial charge in [-0.25, -0.2) is 4.98 Å². The summed E-state index contributed by atoms with van der Waals surface area (Å²) in [5, 5.41) is 3.08. The lowest BCUT2D eigenvalue weighted by atomic mass is 9.95. The zero-order valence-electron chi connectivity index (χ0n) is 13.9. The maximum atomic E-state index is 12.3. The number of hydrogen-bond acceptors (Lipinski definition) is 3. The first-order chi connectivity index (χ1) is 10.7. The molecular weight excluding hydrogens is 347 g/mol. The molecule has 0 aliphatic heterocycles. The Morgan fingerprint density at radius 2 is 2.08 bits per heavy atom. The van der Waals surface area contributed by atoms with Crippen molar-refractivity contribution in [2.24, 2.45) is 17.6 Å². The highest BCUT2D eigenvalue weighted by Crippen LogP contribution is 2.30. The van der Waals surface area contributed by atoms with Gasteiger partial charge in [0.25, 0.3) is 0 Å². The number of nitrogens with two attached hydrogens (primary N) is 1. The SMILES string of the molecule is Cc1nc2ccccc2n1CCNC(=O)[C@@H]1CCC[C@@H]1CN.Cl.Cl. The van der Waals surface area contributed by atoms with E-state index in [1.165, 1.54) is 0 Å².